The van der Waals surface area contributed by atoms with Gasteiger partial charge in [0.05, 0.1) is 11.4 Å². The molecule has 0 spiro atoms. The summed E-state index contributed by atoms with van der Waals surface area (Å²) in [7, 11) is 0. The Balaban J connectivity index is 1.38. The normalized spacial score (nSPS) is 14.5. The molecule has 4 rings (SSSR count). The van der Waals surface area contributed by atoms with Crippen LogP contribution in [0.4, 0.5) is 10.5 Å². The van der Waals surface area contributed by atoms with E-state index in [1.807, 2.05) is 31.2 Å². The number of hydrogen-bond acceptors (Lipinski definition) is 5. The highest BCUT2D eigenvalue weighted by atomic mass is 35.5. The van der Waals surface area contributed by atoms with Gasteiger partial charge in [-0.25, -0.2) is 0 Å². The summed E-state index contributed by atoms with van der Waals surface area (Å²) in [6.45, 7) is 2.03. The first-order valence-electron chi connectivity index (χ1n) is 10.5. The van der Waals surface area contributed by atoms with Gasteiger partial charge in [0.15, 0.2) is 6.61 Å². The van der Waals surface area contributed by atoms with Crippen LogP contribution >= 0.6 is 23.4 Å². The van der Waals surface area contributed by atoms with Gasteiger partial charge in [-0.15, -0.1) is 0 Å². The molecule has 0 aromatic heterocycles. The number of benzene rings is 3. The minimum absolute atomic E-state index is 0.181. The van der Waals surface area contributed by atoms with Gasteiger partial charge in [-0.2, -0.15) is 0 Å². The van der Waals surface area contributed by atoms with E-state index in [1.165, 1.54) is 4.90 Å². The number of anilines is 1. The van der Waals surface area contributed by atoms with Crippen molar-refractivity contribution in [3.05, 3.63) is 99.4 Å². The molecule has 3 amide bonds. The van der Waals surface area contributed by atoms with Crippen LogP contribution < -0.4 is 10.1 Å². The molecule has 8 heteroatoms. The SMILES string of the molecule is Cc1ccc(CN2C(=O)S/C(=C\c3cccc(OCC(=O)Nc4ccc(Cl)cc4)c3)C2=O)cc1. The second-order valence-electron chi connectivity index (χ2n) is 7.67. The lowest BCUT2D eigenvalue weighted by molar-refractivity contribution is -0.123. The quantitative estimate of drug-likeness (QED) is 0.415. The fraction of sp³-hybridized carbons (Fsp3) is 0.115. The summed E-state index contributed by atoms with van der Waals surface area (Å²) in [5.41, 5.74) is 3.31. The van der Waals surface area contributed by atoms with Crippen molar-refractivity contribution in [1.29, 1.82) is 0 Å². The number of carbonyl (C=O) groups is 3. The molecule has 172 valence electrons. The summed E-state index contributed by atoms with van der Waals surface area (Å²) >= 11 is 6.76. The number of hydrogen-bond donors (Lipinski definition) is 1. The molecule has 0 bridgehead atoms. The van der Waals surface area contributed by atoms with E-state index < -0.39 is 0 Å². The highest BCUT2D eigenvalue weighted by molar-refractivity contribution is 8.18. The average molecular weight is 493 g/mol. The zero-order chi connectivity index (χ0) is 24.1. The molecular weight excluding hydrogens is 472 g/mol. The van der Waals surface area contributed by atoms with Gasteiger partial charge in [-0.05, 0) is 72.3 Å². The van der Waals surface area contributed by atoms with Gasteiger partial charge in [0.25, 0.3) is 17.1 Å². The third kappa shape index (κ3) is 6.07. The minimum Gasteiger partial charge on any atom is -0.484 e. The van der Waals surface area contributed by atoms with Crippen LogP contribution in [0.3, 0.4) is 0 Å². The number of ether oxygens (including phenoxy) is 1. The van der Waals surface area contributed by atoms with Crippen LogP contribution in [0, 0.1) is 6.92 Å². The summed E-state index contributed by atoms with van der Waals surface area (Å²) in [5, 5.41) is 3.01. The highest BCUT2D eigenvalue weighted by Crippen LogP contribution is 2.33. The number of carbonyl (C=O) groups excluding carboxylic acids is 3. The Bertz CT molecular complexity index is 1260. The maximum absolute atomic E-state index is 12.8. The van der Waals surface area contributed by atoms with E-state index in [0.29, 0.717) is 26.9 Å². The first kappa shape index (κ1) is 23.6. The van der Waals surface area contributed by atoms with Crippen LogP contribution in [-0.4, -0.2) is 28.6 Å². The Morgan fingerprint density at radius 2 is 1.79 bits per heavy atom. The number of aryl methyl sites for hydroxylation is 1. The monoisotopic (exact) mass is 492 g/mol. The Labute approximate surface area is 206 Å². The summed E-state index contributed by atoms with van der Waals surface area (Å²) in [5.74, 6) is -0.173. The summed E-state index contributed by atoms with van der Waals surface area (Å²) in [6.07, 6.45) is 1.65. The van der Waals surface area contributed by atoms with Gasteiger partial charge in [0.1, 0.15) is 5.75 Å². The lowest BCUT2D eigenvalue weighted by Crippen LogP contribution is -2.27. The van der Waals surface area contributed by atoms with E-state index in [2.05, 4.69) is 5.32 Å². The Hall–Kier alpha value is -3.55. The molecule has 1 fully saturated rings. The van der Waals surface area contributed by atoms with Gasteiger partial charge in [0, 0.05) is 10.7 Å². The molecule has 0 atom stereocenters. The van der Waals surface area contributed by atoms with Gasteiger partial charge >= 0.3 is 0 Å². The zero-order valence-electron chi connectivity index (χ0n) is 18.3. The molecule has 1 aliphatic rings. The van der Waals surface area contributed by atoms with E-state index in [9.17, 15) is 14.4 Å². The number of nitrogens with zero attached hydrogens (tertiary/aromatic N) is 1. The molecule has 3 aromatic carbocycles. The van der Waals surface area contributed by atoms with Crippen LogP contribution in [0.1, 0.15) is 16.7 Å². The lowest BCUT2D eigenvalue weighted by Gasteiger charge is -2.12. The molecular formula is C26H21ClN2O4S. The predicted molar refractivity (Wildman–Crippen MR) is 135 cm³/mol. The average Bonchev–Trinajstić information content (AvgIpc) is 3.08. The molecule has 1 aliphatic heterocycles. The zero-order valence-corrected chi connectivity index (χ0v) is 19.9. The standard InChI is InChI=1S/C26H21ClN2O4S/c1-17-5-7-18(8-6-17)15-29-25(31)23(34-26(29)32)14-19-3-2-4-22(13-19)33-16-24(30)28-21-11-9-20(27)10-12-21/h2-14H,15-16H2,1H3,(H,28,30)/b23-14-. The number of rotatable bonds is 7. The molecule has 1 heterocycles. The van der Waals surface area contributed by atoms with E-state index in [-0.39, 0.29) is 30.2 Å². The molecule has 0 saturated carbocycles. The van der Waals surface area contributed by atoms with Gasteiger partial charge in [0.2, 0.25) is 0 Å². The van der Waals surface area contributed by atoms with Gasteiger partial charge < -0.3 is 10.1 Å². The van der Waals surface area contributed by atoms with E-state index in [1.54, 1.807) is 54.6 Å². The fourth-order valence-electron chi connectivity index (χ4n) is 3.24. The Morgan fingerprint density at radius 3 is 2.53 bits per heavy atom. The van der Waals surface area contributed by atoms with Crippen LogP contribution in [0.15, 0.2) is 77.7 Å². The Kier molecular flexibility index (Phi) is 7.35. The lowest BCUT2D eigenvalue weighted by atomic mass is 10.1. The largest absolute Gasteiger partial charge is 0.484 e. The Morgan fingerprint density at radius 1 is 1.06 bits per heavy atom. The first-order valence-corrected chi connectivity index (χ1v) is 11.7. The third-order valence-electron chi connectivity index (χ3n) is 4.99. The third-order valence-corrected chi connectivity index (χ3v) is 6.15. The second-order valence-corrected chi connectivity index (χ2v) is 9.10. The van der Waals surface area contributed by atoms with Crippen molar-refractivity contribution >= 4 is 52.2 Å². The van der Waals surface area contributed by atoms with Crippen molar-refractivity contribution in [2.45, 2.75) is 13.5 Å². The van der Waals surface area contributed by atoms with Crippen molar-refractivity contribution in [3.63, 3.8) is 0 Å². The number of halogens is 1. The van der Waals surface area contributed by atoms with Gasteiger partial charge in [-0.1, -0.05) is 53.6 Å². The van der Waals surface area contributed by atoms with Crippen LogP contribution in [0.2, 0.25) is 5.02 Å². The number of nitrogens with one attached hydrogen (secondary N) is 1. The highest BCUT2D eigenvalue weighted by Gasteiger charge is 2.34. The summed E-state index contributed by atoms with van der Waals surface area (Å²) < 4.78 is 5.59. The predicted octanol–water partition coefficient (Wildman–Crippen LogP) is 5.90. The number of imide groups is 1. The van der Waals surface area contributed by atoms with E-state index >= 15 is 0 Å². The maximum Gasteiger partial charge on any atom is 0.293 e. The molecule has 6 nitrogen and oxygen atoms in total. The molecule has 34 heavy (non-hydrogen) atoms. The topological polar surface area (TPSA) is 75.7 Å². The van der Waals surface area contributed by atoms with Crippen molar-refractivity contribution in [1.82, 2.24) is 4.90 Å². The molecule has 0 radical (unpaired) electrons. The molecule has 3 aromatic rings. The van der Waals surface area contributed by atoms with E-state index in [0.717, 1.165) is 22.9 Å². The van der Waals surface area contributed by atoms with Crippen LogP contribution in [0.5, 0.6) is 5.75 Å². The minimum atomic E-state index is -0.329. The fourth-order valence-corrected chi connectivity index (χ4v) is 4.20. The molecule has 0 aliphatic carbocycles. The second kappa shape index (κ2) is 10.6. The van der Waals surface area contributed by atoms with E-state index in [4.69, 9.17) is 16.3 Å². The van der Waals surface area contributed by atoms with Crippen molar-refractivity contribution in [2.75, 3.05) is 11.9 Å². The summed E-state index contributed by atoms with van der Waals surface area (Å²) in [4.78, 5) is 39.0. The van der Waals surface area contributed by atoms with Crippen LogP contribution in [-0.2, 0) is 16.1 Å². The molecule has 0 unspecified atom stereocenters. The first-order chi connectivity index (χ1) is 16.4. The molecule has 1 saturated heterocycles. The number of thioether (sulfide) groups is 1. The van der Waals surface area contributed by atoms with Crippen molar-refractivity contribution in [2.24, 2.45) is 0 Å². The van der Waals surface area contributed by atoms with Crippen molar-refractivity contribution < 1.29 is 19.1 Å². The number of amides is 3. The summed E-state index contributed by atoms with van der Waals surface area (Å²) in [6, 6.07) is 21.5. The molecule has 1 N–H and O–H groups in total. The maximum atomic E-state index is 12.8. The van der Waals surface area contributed by atoms with Gasteiger partial charge in [-0.3, -0.25) is 19.3 Å². The van der Waals surface area contributed by atoms with Crippen LogP contribution in [0.25, 0.3) is 6.08 Å². The smallest absolute Gasteiger partial charge is 0.293 e. The van der Waals surface area contributed by atoms with Crippen molar-refractivity contribution in [3.8, 4) is 5.75 Å².